The van der Waals surface area contributed by atoms with E-state index in [9.17, 15) is 4.39 Å². The van der Waals surface area contributed by atoms with Gasteiger partial charge in [-0.3, -0.25) is 4.84 Å². The van der Waals surface area contributed by atoms with Crippen molar-refractivity contribution in [2.24, 2.45) is 11.8 Å². The summed E-state index contributed by atoms with van der Waals surface area (Å²) in [5, 5.41) is 2.55. The van der Waals surface area contributed by atoms with Crippen LogP contribution in [0.4, 0.5) is 10.3 Å². The molecular weight excluding hydrogens is 285 g/mol. The van der Waals surface area contributed by atoms with E-state index in [1.807, 2.05) is 6.07 Å². The van der Waals surface area contributed by atoms with Gasteiger partial charge >= 0.3 is 0 Å². The Morgan fingerprint density at radius 1 is 1.18 bits per heavy atom. The van der Waals surface area contributed by atoms with Crippen molar-refractivity contribution in [3.8, 4) is 0 Å². The van der Waals surface area contributed by atoms with Crippen LogP contribution in [0.2, 0.25) is 0 Å². The number of rotatable bonds is 1. The van der Waals surface area contributed by atoms with Crippen LogP contribution in [0.3, 0.4) is 0 Å². The van der Waals surface area contributed by atoms with Crippen molar-refractivity contribution in [1.29, 1.82) is 0 Å². The highest BCUT2D eigenvalue weighted by molar-refractivity contribution is 5.80. The fourth-order valence-corrected chi connectivity index (χ4v) is 4.25. The van der Waals surface area contributed by atoms with Crippen LogP contribution in [0.15, 0.2) is 28.7 Å². The summed E-state index contributed by atoms with van der Waals surface area (Å²) in [6, 6.07) is 6.42. The lowest BCUT2D eigenvalue weighted by atomic mass is 9.66. The molecule has 6 rings (SSSR count). The van der Waals surface area contributed by atoms with E-state index in [0.717, 1.165) is 17.7 Å². The minimum Gasteiger partial charge on any atom is -0.438 e. The van der Waals surface area contributed by atoms with Crippen LogP contribution in [0, 0.1) is 17.7 Å². The molecule has 3 saturated carbocycles. The zero-order valence-corrected chi connectivity index (χ0v) is 12.1. The van der Waals surface area contributed by atoms with Crippen molar-refractivity contribution in [3.63, 3.8) is 0 Å². The maximum atomic E-state index is 13.3. The first-order valence-corrected chi connectivity index (χ1v) is 7.93. The molecule has 22 heavy (non-hydrogen) atoms. The number of fused-ring (bicyclic) bond motifs is 3. The average molecular weight is 303 g/mol. The molecular formula is C16H18FN3O2. The van der Waals surface area contributed by atoms with Crippen molar-refractivity contribution in [1.82, 2.24) is 11.0 Å². The molecule has 1 aromatic heterocycles. The number of nitrogens with one attached hydrogen (secondary N) is 2. The van der Waals surface area contributed by atoms with Crippen molar-refractivity contribution in [2.75, 3.05) is 5.12 Å². The van der Waals surface area contributed by atoms with Gasteiger partial charge in [0.2, 0.25) is 5.88 Å². The summed E-state index contributed by atoms with van der Waals surface area (Å²) in [7, 11) is 0. The second kappa shape index (κ2) is 4.44. The maximum Gasteiger partial charge on any atom is 0.227 e. The molecule has 2 bridgehead atoms. The summed E-state index contributed by atoms with van der Waals surface area (Å²) < 4.78 is 19.0. The van der Waals surface area contributed by atoms with E-state index in [1.54, 1.807) is 11.2 Å². The zero-order chi connectivity index (χ0) is 14.7. The first-order valence-electron chi connectivity index (χ1n) is 7.93. The van der Waals surface area contributed by atoms with Gasteiger partial charge in [0, 0.05) is 23.4 Å². The van der Waals surface area contributed by atoms with Crippen LogP contribution < -0.4 is 16.1 Å². The molecule has 0 radical (unpaired) electrons. The smallest absolute Gasteiger partial charge is 0.227 e. The van der Waals surface area contributed by atoms with Gasteiger partial charge in [-0.2, -0.15) is 10.5 Å². The number of halogens is 1. The van der Waals surface area contributed by atoms with Crippen molar-refractivity contribution < 1.29 is 13.6 Å². The predicted molar refractivity (Wildman–Crippen MR) is 78.8 cm³/mol. The Morgan fingerprint density at radius 2 is 2.05 bits per heavy atom. The standard InChI is InChI=1S/C16H18FN3O2/c17-13-6-3-11-7-15(21-14(11)8-13)20-18-16(22-19-20)9-10-1-4-12(16)5-2-10/h3,6-8,10,12,18-19H,1-2,4-5,9H2/t10?,12?,16-/m1/s1. The molecule has 4 fully saturated rings. The first kappa shape index (κ1) is 12.9. The Balaban J connectivity index is 1.44. The van der Waals surface area contributed by atoms with Gasteiger partial charge in [-0.1, -0.05) is 5.59 Å². The molecule has 2 N–H and O–H groups in total. The van der Waals surface area contributed by atoms with Crippen molar-refractivity contribution in [3.05, 3.63) is 30.1 Å². The minimum atomic E-state index is -0.328. The van der Waals surface area contributed by atoms with Gasteiger partial charge in [-0.05, 0) is 50.2 Å². The maximum absolute atomic E-state index is 13.3. The third-order valence-electron chi connectivity index (χ3n) is 5.41. The van der Waals surface area contributed by atoms with E-state index < -0.39 is 0 Å². The molecule has 6 heteroatoms. The highest BCUT2D eigenvalue weighted by Gasteiger charge is 2.53. The number of anilines is 1. The number of furan rings is 1. The molecule has 3 aliphatic carbocycles. The molecule has 0 amide bonds. The Labute approximate surface area is 127 Å². The summed E-state index contributed by atoms with van der Waals surface area (Å²) in [6.07, 6.45) is 6.05. The normalized spacial score (nSPS) is 34.1. The Morgan fingerprint density at radius 3 is 2.82 bits per heavy atom. The van der Waals surface area contributed by atoms with Crippen LogP contribution >= 0.6 is 0 Å². The van der Waals surface area contributed by atoms with Gasteiger partial charge in [0.05, 0.1) is 0 Å². The quantitative estimate of drug-likeness (QED) is 0.847. The third kappa shape index (κ3) is 1.81. The first-order chi connectivity index (χ1) is 10.7. The highest BCUT2D eigenvalue weighted by Crippen LogP contribution is 2.49. The van der Waals surface area contributed by atoms with Crippen LogP contribution in [0.5, 0.6) is 0 Å². The fourth-order valence-electron chi connectivity index (χ4n) is 4.25. The number of hydrazine groups is 2. The molecule has 1 aliphatic heterocycles. The Kier molecular flexibility index (Phi) is 2.60. The number of hydrogen-bond donors (Lipinski definition) is 2. The van der Waals surface area contributed by atoms with Crippen molar-refractivity contribution in [2.45, 2.75) is 37.8 Å². The molecule has 4 aliphatic rings. The molecule has 2 aromatic rings. The minimum absolute atomic E-state index is 0.298. The molecule has 5 nitrogen and oxygen atoms in total. The molecule has 1 saturated heterocycles. The summed E-state index contributed by atoms with van der Waals surface area (Å²) >= 11 is 0. The van der Waals surface area contributed by atoms with Gasteiger partial charge in [0.1, 0.15) is 11.4 Å². The summed E-state index contributed by atoms with van der Waals surface area (Å²) in [5.41, 5.74) is 6.57. The average Bonchev–Trinajstić information content (AvgIpc) is 3.12. The lowest BCUT2D eigenvalue weighted by molar-refractivity contribution is -0.153. The van der Waals surface area contributed by atoms with Gasteiger partial charge in [-0.25, -0.2) is 4.39 Å². The van der Waals surface area contributed by atoms with Crippen molar-refractivity contribution >= 4 is 16.9 Å². The lowest BCUT2D eigenvalue weighted by Gasteiger charge is -2.47. The Hall–Kier alpha value is -1.63. The van der Waals surface area contributed by atoms with E-state index in [-0.39, 0.29) is 11.5 Å². The summed E-state index contributed by atoms with van der Waals surface area (Å²) in [6.45, 7) is 0. The van der Waals surface area contributed by atoms with E-state index in [1.165, 1.54) is 37.8 Å². The molecule has 0 unspecified atom stereocenters. The van der Waals surface area contributed by atoms with E-state index >= 15 is 0 Å². The van der Waals surface area contributed by atoms with Gasteiger partial charge in [0.15, 0.2) is 5.72 Å². The molecule has 116 valence electrons. The van der Waals surface area contributed by atoms with Crippen LogP contribution in [0.1, 0.15) is 32.1 Å². The van der Waals surface area contributed by atoms with E-state index in [0.29, 0.717) is 17.4 Å². The monoisotopic (exact) mass is 303 g/mol. The molecule has 1 spiro atoms. The second-order valence-electron chi connectivity index (χ2n) is 6.72. The molecule has 2 heterocycles. The predicted octanol–water partition coefficient (Wildman–Crippen LogP) is 3.24. The van der Waals surface area contributed by atoms with Gasteiger partial charge in [0.25, 0.3) is 0 Å². The van der Waals surface area contributed by atoms with Crippen LogP contribution in [0.25, 0.3) is 11.0 Å². The highest BCUT2D eigenvalue weighted by atomic mass is 19.1. The van der Waals surface area contributed by atoms with Crippen LogP contribution in [-0.4, -0.2) is 5.72 Å². The number of hydrogen-bond acceptors (Lipinski definition) is 5. The number of benzene rings is 1. The second-order valence-corrected chi connectivity index (χ2v) is 6.72. The molecule has 1 aromatic carbocycles. The Bertz CT molecular complexity index is 725. The lowest BCUT2D eigenvalue weighted by Crippen LogP contribution is -2.57. The van der Waals surface area contributed by atoms with E-state index in [2.05, 4.69) is 11.0 Å². The molecule has 1 atom stereocenters. The fraction of sp³-hybridized carbons (Fsp3) is 0.500. The SMILES string of the molecule is Fc1ccc2cc(N3NO[C@@]4(CC5CCC4CC5)N3)oc2c1. The zero-order valence-electron chi connectivity index (χ0n) is 12.1. The van der Waals surface area contributed by atoms with Gasteiger partial charge in [-0.15, -0.1) is 0 Å². The third-order valence-corrected chi connectivity index (χ3v) is 5.41. The number of nitrogens with zero attached hydrogens (tertiary/aromatic N) is 1. The van der Waals surface area contributed by atoms with Crippen LogP contribution in [-0.2, 0) is 4.84 Å². The topological polar surface area (TPSA) is 49.7 Å². The largest absolute Gasteiger partial charge is 0.438 e. The summed E-state index contributed by atoms with van der Waals surface area (Å²) in [5.74, 6) is 1.55. The van der Waals surface area contributed by atoms with Gasteiger partial charge < -0.3 is 4.42 Å². The summed E-state index contributed by atoms with van der Waals surface area (Å²) in [4.78, 5) is 5.93. The van der Waals surface area contributed by atoms with E-state index in [4.69, 9.17) is 9.25 Å².